The maximum Gasteiger partial charge on any atom is 0.170 e. The Morgan fingerprint density at radius 2 is 2.05 bits per heavy atom. The monoisotopic (exact) mass is 273 g/mol. The third-order valence-electron chi connectivity index (χ3n) is 3.16. The number of benzene rings is 1. The maximum absolute atomic E-state index is 8.66. The molecule has 0 aliphatic carbocycles. The van der Waals surface area contributed by atoms with Crippen LogP contribution in [-0.2, 0) is 13.1 Å². The van der Waals surface area contributed by atoms with Gasteiger partial charge in [-0.3, -0.25) is 0 Å². The summed E-state index contributed by atoms with van der Waals surface area (Å²) in [5, 5.41) is 15.0. The summed E-state index contributed by atoms with van der Waals surface area (Å²) in [6.45, 7) is 5.36. The van der Waals surface area contributed by atoms with Crippen LogP contribution in [0.5, 0.6) is 0 Å². The first-order chi connectivity index (χ1) is 9.60. The van der Waals surface area contributed by atoms with Crippen LogP contribution in [0.1, 0.15) is 28.2 Å². The number of nitrogens with zero attached hydrogens (tertiary/aromatic N) is 1. The standard InChI is InChI=1S/C15H19N3O2/c1-10-7-12(15(16)18-19)4-5-13(10)8-17-9-14-6-3-11(2)20-14/h3-7,17,19H,8-9H2,1-2H3,(H2,16,18). The fourth-order valence-corrected chi connectivity index (χ4v) is 2.01. The molecule has 106 valence electrons. The number of hydrogen-bond donors (Lipinski definition) is 3. The van der Waals surface area contributed by atoms with Crippen LogP contribution in [0, 0.1) is 13.8 Å². The zero-order chi connectivity index (χ0) is 14.5. The molecule has 0 radical (unpaired) electrons. The van der Waals surface area contributed by atoms with Crippen LogP contribution >= 0.6 is 0 Å². The van der Waals surface area contributed by atoms with Crippen molar-refractivity contribution in [2.75, 3.05) is 0 Å². The zero-order valence-corrected chi connectivity index (χ0v) is 11.7. The van der Waals surface area contributed by atoms with Gasteiger partial charge in [0.25, 0.3) is 0 Å². The van der Waals surface area contributed by atoms with Crippen molar-refractivity contribution in [3.8, 4) is 0 Å². The summed E-state index contributed by atoms with van der Waals surface area (Å²) >= 11 is 0. The molecule has 1 heterocycles. The largest absolute Gasteiger partial charge is 0.465 e. The molecule has 4 N–H and O–H groups in total. The van der Waals surface area contributed by atoms with E-state index in [0.29, 0.717) is 6.54 Å². The van der Waals surface area contributed by atoms with Gasteiger partial charge < -0.3 is 20.7 Å². The van der Waals surface area contributed by atoms with Gasteiger partial charge in [0.1, 0.15) is 11.5 Å². The minimum atomic E-state index is 0.124. The van der Waals surface area contributed by atoms with E-state index < -0.39 is 0 Å². The minimum Gasteiger partial charge on any atom is -0.465 e. The average molecular weight is 273 g/mol. The van der Waals surface area contributed by atoms with Gasteiger partial charge in [-0.2, -0.15) is 0 Å². The third kappa shape index (κ3) is 3.39. The molecule has 0 atom stereocenters. The smallest absolute Gasteiger partial charge is 0.170 e. The lowest BCUT2D eigenvalue weighted by Crippen LogP contribution is -2.15. The molecule has 0 bridgehead atoms. The normalized spacial score (nSPS) is 11.8. The number of aryl methyl sites for hydroxylation is 2. The highest BCUT2D eigenvalue weighted by atomic mass is 16.4. The molecule has 1 aromatic carbocycles. The van der Waals surface area contributed by atoms with Crippen molar-refractivity contribution in [3.05, 3.63) is 58.5 Å². The van der Waals surface area contributed by atoms with Crippen LogP contribution in [0.3, 0.4) is 0 Å². The molecular formula is C15H19N3O2. The quantitative estimate of drug-likeness (QED) is 0.338. The Bertz CT molecular complexity index is 617. The van der Waals surface area contributed by atoms with E-state index in [-0.39, 0.29) is 5.84 Å². The number of rotatable bonds is 5. The van der Waals surface area contributed by atoms with E-state index in [4.69, 9.17) is 15.4 Å². The minimum absolute atomic E-state index is 0.124. The summed E-state index contributed by atoms with van der Waals surface area (Å²) in [5.74, 6) is 1.97. The van der Waals surface area contributed by atoms with Crippen molar-refractivity contribution in [3.63, 3.8) is 0 Å². The van der Waals surface area contributed by atoms with Crippen LogP contribution < -0.4 is 11.1 Å². The van der Waals surface area contributed by atoms with Crippen LogP contribution in [-0.4, -0.2) is 11.0 Å². The van der Waals surface area contributed by atoms with Crippen molar-refractivity contribution in [2.24, 2.45) is 10.9 Å². The summed E-state index contributed by atoms with van der Waals surface area (Å²) in [4.78, 5) is 0. The highest BCUT2D eigenvalue weighted by Crippen LogP contribution is 2.12. The molecular weight excluding hydrogens is 254 g/mol. The molecule has 0 saturated carbocycles. The van der Waals surface area contributed by atoms with Crippen molar-refractivity contribution in [1.82, 2.24) is 5.32 Å². The number of oxime groups is 1. The summed E-state index contributed by atoms with van der Waals surface area (Å²) < 4.78 is 5.49. The first-order valence-corrected chi connectivity index (χ1v) is 6.43. The summed E-state index contributed by atoms with van der Waals surface area (Å²) in [6.07, 6.45) is 0. The van der Waals surface area contributed by atoms with E-state index in [1.807, 2.05) is 44.2 Å². The summed E-state index contributed by atoms with van der Waals surface area (Å²) in [7, 11) is 0. The highest BCUT2D eigenvalue weighted by molar-refractivity contribution is 5.97. The fraction of sp³-hybridized carbons (Fsp3) is 0.267. The molecule has 0 aliphatic heterocycles. The third-order valence-corrected chi connectivity index (χ3v) is 3.16. The highest BCUT2D eigenvalue weighted by Gasteiger charge is 2.04. The first-order valence-electron chi connectivity index (χ1n) is 6.43. The molecule has 0 unspecified atom stereocenters. The molecule has 2 aromatic rings. The van der Waals surface area contributed by atoms with Crippen molar-refractivity contribution in [2.45, 2.75) is 26.9 Å². The molecule has 0 saturated heterocycles. The van der Waals surface area contributed by atoms with Crippen molar-refractivity contribution < 1.29 is 9.62 Å². The second-order valence-corrected chi connectivity index (χ2v) is 4.74. The lowest BCUT2D eigenvalue weighted by Gasteiger charge is -2.08. The van der Waals surface area contributed by atoms with E-state index in [1.54, 1.807) is 0 Å². The lowest BCUT2D eigenvalue weighted by atomic mass is 10.0. The van der Waals surface area contributed by atoms with Crippen LogP contribution in [0.25, 0.3) is 0 Å². The predicted molar refractivity (Wildman–Crippen MR) is 77.7 cm³/mol. The molecule has 2 rings (SSSR count). The number of nitrogens with one attached hydrogen (secondary N) is 1. The molecule has 1 aromatic heterocycles. The number of hydrogen-bond acceptors (Lipinski definition) is 4. The van der Waals surface area contributed by atoms with E-state index in [0.717, 1.165) is 29.2 Å². The van der Waals surface area contributed by atoms with Gasteiger partial charge in [-0.25, -0.2) is 0 Å². The first kappa shape index (κ1) is 14.1. The van der Waals surface area contributed by atoms with Crippen LogP contribution in [0.2, 0.25) is 0 Å². The van der Waals surface area contributed by atoms with Gasteiger partial charge in [0.2, 0.25) is 0 Å². The molecule has 0 spiro atoms. The zero-order valence-electron chi connectivity index (χ0n) is 11.7. The van der Waals surface area contributed by atoms with Gasteiger partial charge in [-0.05, 0) is 43.2 Å². The van der Waals surface area contributed by atoms with E-state index in [9.17, 15) is 0 Å². The SMILES string of the molecule is Cc1ccc(CNCc2ccc(/C(N)=N/O)cc2C)o1. The van der Waals surface area contributed by atoms with Crippen molar-refractivity contribution >= 4 is 5.84 Å². The second kappa shape index (κ2) is 6.25. The van der Waals surface area contributed by atoms with E-state index in [2.05, 4.69) is 10.5 Å². The Kier molecular flexibility index (Phi) is 4.42. The van der Waals surface area contributed by atoms with Gasteiger partial charge in [0.05, 0.1) is 6.54 Å². The Hall–Kier alpha value is -2.27. The van der Waals surface area contributed by atoms with Gasteiger partial charge in [-0.15, -0.1) is 0 Å². The molecule has 0 amide bonds. The number of nitrogens with two attached hydrogens (primary N) is 1. The van der Waals surface area contributed by atoms with Gasteiger partial charge in [0.15, 0.2) is 5.84 Å². The molecule has 0 aliphatic rings. The summed E-state index contributed by atoms with van der Waals surface area (Å²) in [6, 6.07) is 9.65. The Balaban J connectivity index is 1.96. The number of amidine groups is 1. The average Bonchev–Trinajstić information content (AvgIpc) is 2.85. The predicted octanol–water partition coefficient (Wildman–Crippen LogP) is 2.28. The van der Waals surface area contributed by atoms with E-state index >= 15 is 0 Å². The lowest BCUT2D eigenvalue weighted by molar-refractivity contribution is 0.318. The molecule has 0 fully saturated rings. The fourth-order valence-electron chi connectivity index (χ4n) is 2.01. The van der Waals surface area contributed by atoms with Crippen LogP contribution in [0.15, 0.2) is 39.9 Å². The van der Waals surface area contributed by atoms with Crippen molar-refractivity contribution in [1.29, 1.82) is 0 Å². The second-order valence-electron chi connectivity index (χ2n) is 4.74. The summed E-state index contributed by atoms with van der Waals surface area (Å²) in [5.41, 5.74) is 8.55. The Morgan fingerprint density at radius 3 is 2.65 bits per heavy atom. The van der Waals surface area contributed by atoms with Gasteiger partial charge in [0, 0.05) is 12.1 Å². The molecule has 5 nitrogen and oxygen atoms in total. The maximum atomic E-state index is 8.66. The van der Waals surface area contributed by atoms with Gasteiger partial charge in [-0.1, -0.05) is 17.3 Å². The van der Waals surface area contributed by atoms with Gasteiger partial charge >= 0.3 is 0 Å². The van der Waals surface area contributed by atoms with E-state index in [1.165, 1.54) is 5.56 Å². The Labute approximate surface area is 118 Å². The molecule has 5 heteroatoms. The Morgan fingerprint density at radius 1 is 1.25 bits per heavy atom. The topological polar surface area (TPSA) is 83.8 Å². The number of furan rings is 1. The molecule has 20 heavy (non-hydrogen) atoms. The van der Waals surface area contributed by atoms with Crippen LogP contribution in [0.4, 0.5) is 0 Å².